The van der Waals surface area contributed by atoms with Crippen molar-refractivity contribution < 1.29 is 4.79 Å². The number of carbonyl (C=O) groups is 1. The fourth-order valence-electron chi connectivity index (χ4n) is 0.807. The summed E-state index contributed by atoms with van der Waals surface area (Å²) in [5, 5.41) is 0.691. The molecule has 0 radical (unpaired) electrons. The molecule has 1 aromatic rings. The molecule has 0 aliphatic carbocycles. The van der Waals surface area contributed by atoms with Gasteiger partial charge in [0.15, 0.2) is 5.78 Å². The van der Waals surface area contributed by atoms with Crippen molar-refractivity contribution in [1.29, 1.82) is 0 Å². The van der Waals surface area contributed by atoms with Crippen molar-refractivity contribution >= 4 is 39.4 Å². The average Bonchev–Trinajstić information content (AvgIpc) is 2.08. The first-order chi connectivity index (χ1) is 6.09. The molecule has 0 atom stereocenters. The van der Waals surface area contributed by atoms with Crippen molar-refractivity contribution in [3.8, 4) is 0 Å². The van der Waals surface area contributed by atoms with Crippen molar-refractivity contribution in [1.82, 2.24) is 0 Å². The van der Waals surface area contributed by atoms with Crippen LogP contribution in [-0.4, -0.2) is 5.78 Å². The summed E-state index contributed by atoms with van der Waals surface area (Å²) in [6, 6.07) is 7.28. The first kappa shape index (κ1) is 10.5. The fraction of sp³-hybridized carbons (Fsp3) is 0.100. The van der Waals surface area contributed by atoms with E-state index in [1.54, 1.807) is 18.2 Å². The van der Waals surface area contributed by atoms with Gasteiger partial charge in [0, 0.05) is 5.02 Å². The van der Waals surface area contributed by atoms with Gasteiger partial charge in [-0.3, -0.25) is 4.79 Å². The molecule has 0 saturated carbocycles. The van der Waals surface area contributed by atoms with Crippen LogP contribution in [0.15, 0.2) is 28.7 Å². The number of Topliss-reactive ketones (excluding diaryl/α,β-unsaturated/α-hetero) is 1. The maximum absolute atomic E-state index is 10.9. The lowest BCUT2D eigenvalue weighted by Gasteiger charge is -1.95. The highest BCUT2D eigenvalue weighted by atomic mass is 79.9. The van der Waals surface area contributed by atoms with E-state index in [1.165, 1.54) is 6.92 Å². The fourth-order valence-corrected chi connectivity index (χ4v) is 1.20. The van der Waals surface area contributed by atoms with Gasteiger partial charge >= 0.3 is 0 Å². The van der Waals surface area contributed by atoms with Crippen LogP contribution in [-0.2, 0) is 4.79 Å². The molecule has 0 amide bonds. The Morgan fingerprint density at radius 3 is 2.38 bits per heavy atom. The van der Waals surface area contributed by atoms with Gasteiger partial charge in [-0.05, 0) is 46.6 Å². The minimum atomic E-state index is 0.00921. The Morgan fingerprint density at radius 1 is 1.38 bits per heavy atom. The second-order valence-electron chi connectivity index (χ2n) is 2.60. The second-order valence-corrected chi connectivity index (χ2v) is 3.89. The molecule has 0 N–H and O–H groups in total. The monoisotopic (exact) mass is 258 g/mol. The van der Waals surface area contributed by atoms with Gasteiger partial charge in [-0.2, -0.15) is 0 Å². The van der Waals surface area contributed by atoms with Crippen LogP contribution in [0.3, 0.4) is 0 Å². The molecule has 0 aliphatic heterocycles. The smallest absolute Gasteiger partial charge is 0.166 e. The minimum Gasteiger partial charge on any atom is -0.294 e. The molecule has 0 bridgehead atoms. The van der Waals surface area contributed by atoms with Crippen molar-refractivity contribution in [3.63, 3.8) is 0 Å². The van der Waals surface area contributed by atoms with Gasteiger partial charge in [0.2, 0.25) is 0 Å². The predicted octanol–water partition coefficient (Wildman–Crippen LogP) is 3.66. The number of carbonyl (C=O) groups excluding carboxylic acids is 1. The Bertz CT molecular complexity index is 340. The SMILES string of the molecule is CC(=O)C(Br)=Cc1ccc(Cl)cc1. The summed E-state index contributed by atoms with van der Waals surface area (Å²) in [6.07, 6.45) is 1.76. The summed E-state index contributed by atoms with van der Waals surface area (Å²) in [7, 11) is 0. The van der Waals surface area contributed by atoms with E-state index in [9.17, 15) is 4.79 Å². The van der Waals surface area contributed by atoms with E-state index in [0.717, 1.165) is 5.56 Å². The van der Waals surface area contributed by atoms with Crippen LogP contribution in [0.25, 0.3) is 6.08 Å². The highest BCUT2D eigenvalue weighted by molar-refractivity contribution is 9.12. The number of hydrogen-bond acceptors (Lipinski definition) is 1. The predicted molar refractivity (Wildman–Crippen MR) is 59.0 cm³/mol. The lowest BCUT2D eigenvalue weighted by atomic mass is 10.2. The van der Waals surface area contributed by atoms with Crippen molar-refractivity contribution in [2.45, 2.75) is 6.92 Å². The number of ketones is 1. The lowest BCUT2D eigenvalue weighted by Crippen LogP contribution is -1.87. The average molecular weight is 260 g/mol. The summed E-state index contributed by atoms with van der Waals surface area (Å²) in [6.45, 7) is 1.51. The van der Waals surface area contributed by atoms with Gasteiger partial charge in [-0.15, -0.1) is 0 Å². The Labute approximate surface area is 90.5 Å². The van der Waals surface area contributed by atoms with Gasteiger partial charge in [-0.1, -0.05) is 23.7 Å². The third-order valence-electron chi connectivity index (χ3n) is 1.50. The molecule has 0 saturated heterocycles. The summed E-state index contributed by atoms with van der Waals surface area (Å²) in [5.41, 5.74) is 0.950. The third-order valence-corrected chi connectivity index (χ3v) is 2.54. The van der Waals surface area contributed by atoms with Gasteiger partial charge in [0.25, 0.3) is 0 Å². The number of allylic oxidation sites excluding steroid dienone is 1. The zero-order chi connectivity index (χ0) is 9.84. The van der Waals surface area contributed by atoms with Gasteiger partial charge in [0.05, 0.1) is 4.48 Å². The van der Waals surface area contributed by atoms with Crippen LogP contribution >= 0.6 is 27.5 Å². The Morgan fingerprint density at radius 2 is 1.92 bits per heavy atom. The maximum atomic E-state index is 10.9. The minimum absolute atomic E-state index is 0.00921. The molecule has 1 nitrogen and oxygen atoms in total. The number of halogens is 2. The Kier molecular flexibility index (Phi) is 3.70. The first-order valence-electron chi connectivity index (χ1n) is 3.73. The molecular formula is C10H8BrClO. The van der Waals surface area contributed by atoms with Crippen LogP contribution in [0.5, 0.6) is 0 Å². The largest absolute Gasteiger partial charge is 0.294 e. The zero-order valence-electron chi connectivity index (χ0n) is 7.05. The summed E-state index contributed by atoms with van der Waals surface area (Å²) in [5.74, 6) is 0.00921. The molecular weight excluding hydrogens is 251 g/mol. The molecule has 0 spiro atoms. The molecule has 1 rings (SSSR count). The molecule has 0 heterocycles. The lowest BCUT2D eigenvalue weighted by molar-refractivity contribution is -0.112. The van der Waals surface area contributed by atoms with E-state index < -0.39 is 0 Å². The molecule has 3 heteroatoms. The van der Waals surface area contributed by atoms with Crippen LogP contribution in [0.4, 0.5) is 0 Å². The molecule has 0 aliphatic rings. The maximum Gasteiger partial charge on any atom is 0.166 e. The van der Waals surface area contributed by atoms with E-state index >= 15 is 0 Å². The first-order valence-corrected chi connectivity index (χ1v) is 4.90. The number of rotatable bonds is 2. The molecule has 1 aromatic carbocycles. The van der Waals surface area contributed by atoms with Crippen LogP contribution in [0.1, 0.15) is 12.5 Å². The topological polar surface area (TPSA) is 17.1 Å². The van der Waals surface area contributed by atoms with Crippen molar-refractivity contribution in [3.05, 3.63) is 39.3 Å². The highest BCUT2D eigenvalue weighted by Gasteiger charge is 1.97. The normalized spacial score (nSPS) is 11.5. The molecule has 0 aromatic heterocycles. The summed E-state index contributed by atoms with van der Waals surface area (Å²) < 4.78 is 0.565. The zero-order valence-corrected chi connectivity index (χ0v) is 9.39. The van der Waals surface area contributed by atoms with E-state index in [2.05, 4.69) is 15.9 Å². The Balaban J connectivity index is 2.92. The third kappa shape index (κ3) is 3.33. The molecule has 0 unspecified atom stereocenters. The standard InChI is InChI=1S/C10H8BrClO/c1-7(13)10(11)6-8-2-4-9(12)5-3-8/h2-6H,1H3. The molecule has 68 valence electrons. The van der Waals surface area contributed by atoms with E-state index in [1.807, 2.05) is 12.1 Å². The number of hydrogen-bond donors (Lipinski definition) is 0. The van der Waals surface area contributed by atoms with Crippen molar-refractivity contribution in [2.75, 3.05) is 0 Å². The molecule has 13 heavy (non-hydrogen) atoms. The van der Waals surface area contributed by atoms with Gasteiger partial charge in [0.1, 0.15) is 0 Å². The van der Waals surface area contributed by atoms with E-state index in [-0.39, 0.29) is 5.78 Å². The van der Waals surface area contributed by atoms with Crippen LogP contribution in [0.2, 0.25) is 5.02 Å². The van der Waals surface area contributed by atoms with E-state index in [0.29, 0.717) is 9.51 Å². The Hall–Kier alpha value is -0.600. The van der Waals surface area contributed by atoms with Crippen LogP contribution < -0.4 is 0 Å². The second kappa shape index (κ2) is 4.58. The van der Waals surface area contributed by atoms with Crippen molar-refractivity contribution in [2.24, 2.45) is 0 Å². The quantitative estimate of drug-likeness (QED) is 0.741. The highest BCUT2D eigenvalue weighted by Crippen LogP contribution is 2.15. The summed E-state index contributed by atoms with van der Waals surface area (Å²) >= 11 is 8.89. The summed E-state index contributed by atoms with van der Waals surface area (Å²) in [4.78, 5) is 10.9. The van der Waals surface area contributed by atoms with Gasteiger partial charge in [-0.25, -0.2) is 0 Å². The van der Waals surface area contributed by atoms with Gasteiger partial charge < -0.3 is 0 Å². The van der Waals surface area contributed by atoms with Crippen LogP contribution in [0, 0.1) is 0 Å². The van der Waals surface area contributed by atoms with E-state index in [4.69, 9.17) is 11.6 Å². The number of benzene rings is 1. The molecule has 0 fully saturated rings.